The average molecular weight is 545 g/mol. The van der Waals surface area contributed by atoms with Crippen LogP contribution in [0.15, 0.2) is 47.7 Å². The number of ether oxygens (including phenoxy) is 2. The fourth-order valence-corrected chi connectivity index (χ4v) is 6.01. The van der Waals surface area contributed by atoms with Gasteiger partial charge >= 0.3 is 0 Å². The summed E-state index contributed by atoms with van der Waals surface area (Å²) in [5, 5.41) is 1.23. The van der Waals surface area contributed by atoms with Crippen molar-refractivity contribution in [2.75, 3.05) is 25.7 Å². The maximum Gasteiger partial charge on any atom is 0.177 e. The average Bonchev–Trinajstić information content (AvgIpc) is 3.37. The molecule has 0 aliphatic carbocycles. The standard InChI is InChI=1S/C26H27Cl2N5O2S/c1-34-18-7-6-17(22(12-18)35-2)13-29-25-23-26(32-24(31-23)16-8-10-36-11-9-16)33(15-30-25)14-19-20(27)4-3-5-21(19)28/h3-7,12,15-16H,8-11,13-14H2,1-2H3,(H,31,32). The molecule has 3 heterocycles. The van der Waals surface area contributed by atoms with Crippen molar-refractivity contribution < 1.29 is 9.47 Å². The molecule has 7 nitrogen and oxygen atoms in total. The van der Waals surface area contributed by atoms with Crippen molar-refractivity contribution in [3.05, 3.63) is 75.2 Å². The first-order valence-corrected chi connectivity index (χ1v) is 13.7. The van der Waals surface area contributed by atoms with Gasteiger partial charge in [0.2, 0.25) is 0 Å². The van der Waals surface area contributed by atoms with Crippen LogP contribution in [0.5, 0.6) is 11.5 Å². The number of hydrogen-bond acceptors (Lipinski definition) is 6. The van der Waals surface area contributed by atoms with Crippen LogP contribution in [-0.2, 0) is 13.1 Å². The summed E-state index contributed by atoms with van der Waals surface area (Å²) in [6.45, 7) is 0.865. The minimum atomic E-state index is 0.394. The molecule has 10 heteroatoms. The first kappa shape index (κ1) is 25.0. The van der Waals surface area contributed by atoms with Gasteiger partial charge in [0.25, 0.3) is 0 Å². The zero-order valence-corrected chi connectivity index (χ0v) is 22.5. The molecule has 2 aromatic heterocycles. The number of hydrogen-bond donors (Lipinski definition) is 1. The molecule has 0 bridgehead atoms. The van der Waals surface area contributed by atoms with Gasteiger partial charge in [0, 0.05) is 33.2 Å². The highest BCUT2D eigenvalue weighted by Crippen LogP contribution is 2.31. The maximum absolute atomic E-state index is 6.47. The molecular weight excluding hydrogens is 517 g/mol. The molecule has 1 fully saturated rings. The van der Waals surface area contributed by atoms with Crippen molar-refractivity contribution in [2.45, 2.75) is 31.8 Å². The summed E-state index contributed by atoms with van der Waals surface area (Å²) in [4.78, 5) is 18.1. The minimum Gasteiger partial charge on any atom is -0.497 e. The topological polar surface area (TPSA) is 77.3 Å². The number of fused-ring (bicyclic) bond motifs is 1. The van der Waals surface area contributed by atoms with Crippen LogP contribution in [0.4, 0.5) is 0 Å². The molecule has 5 rings (SSSR count). The quantitative estimate of drug-likeness (QED) is 0.316. The van der Waals surface area contributed by atoms with E-state index in [9.17, 15) is 0 Å². The van der Waals surface area contributed by atoms with Crippen molar-refractivity contribution in [3.63, 3.8) is 0 Å². The smallest absolute Gasteiger partial charge is 0.177 e. The summed E-state index contributed by atoms with van der Waals surface area (Å²) in [6, 6.07) is 11.2. The Balaban J connectivity index is 1.57. The summed E-state index contributed by atoms with van der Waals surface area (Å²) in [6.07, 6.45) is 3.96. The number of methoxy groups -OCH3 is 2. The van der Waals surface area contributed by atoms with Crippen molar-refractivity contribution >= 4 is 46.1 Å². The molecule has 0 atom stereocenters. The van der Waals surface area contributed by atoms with Gasteiger partial charge in [0.15, 0.2) is 11.1 Å². The van der Waals surface area contributed by atoms with Gasteiger partial charge in [-0.15, -0.1) is 0 Å². The van der Waals surface area contributed by atoms with Crippen molar-refractivity contribution in [1.82, 2.24) is 19.5 Å². The van der Waals surface area contributed by atoms with Gasteiger partial charge in [-0.3, -0.25) is 4.99 Å². The van der Waals surface area contributed by atoms with Gasteiger partial charge in [-0.1, -0.05) is 29.3 Å². The van der Waals surface area contributed by atoms with Gasteiger partial charge in [-0.2, -0.15) is 11.8 Å². The third kappa shape index (κ3) is 5.21. The lowest BCUT2D eigenvalue weighted by Crippen LogP contribution is -2.15. The van der Waals surface area contributed by atoms with Gasteiger partial charge in [-0.25, -0.2) is 9.97 Å². The minimum absolute atomic E-state index is 0.394. The van der Waals surface area contributed by atoms with E-state index in [4.69, 9.17) is 47.6 Å². The van der Waals surface area contributed by atoms with Gasteiger partial charge < -0.3 is 19.0 Å². The SMILES string of the molecule is COc1ccc(CN=c2ncn(Cc3c(Cl)cccc3Cl)c3nc(C4CCSCC4)[nH]c23)c(OC)c1. The summed E-state index contributed by atoms with van der Waals surface area (Å²) >= 11 is 14.9. The zero-order chi connectivity index (χ0) is 25.1. The third-order valence-electron chi connectivity index (χ3n) is 6.41. The molecule has 36 heavy (non-hydrogen) atoms. The Morgan fingerprint density at radius 3 is 2.61 bits per heavy atom. The summed E-state index contributed by atoms with van der Waals surface area (Å²) in [5.41, 5.74) is 3.97. The predicted octanol–water partition coefficient (Wildman–Crippen LogP) is 5.84. The molecule has 1 aliphatic heterocycles. The molecule has 0 saturated carbocycles. The van der Waals surface area contributed by atoms with E-state index in [1.165, 1.54) is 0 Å². The molecule has 0 spiro atoms. The van der Waals surface area contributed by atoms with Gasteiger partial charge in [-0.05, 0) is 48.6 Å². The lowest BCUT2D eigenvalue weighted by Gasteiger charge is -2.18. The Kier molecular flexibility index (Phi) is 7.74. The number of nitrogens with one attached hydrogen (secondary N) is 1. The van der Waals surface area contributed by atoms with E-state index in [0.717, 1.165) is 64.0 Å². The molecular formula is C26H27Cl2N5O2S. The highest BCUT2D eigenvalue weighted by atomic mass is 35.5. The number of rotatable bonds is 7. The second kappa shape index (κ2) is 11.2. The van der Waals surface area contributed by atoms with E-state index in [2.05, 4.69) is 4.98 Å². The monoisotopic (exact) mass is 543 g/mol. The Morgan fingerprint density at radius 1 is 1.11 bits per heavy atom. The number of H-pyrrole nitrogens is 1. The van der Waals surface area contributed by atoms with E-state index in [-0.39, 0.29) is 0 Å². The van der Waals surface area contributed by atoms with Gasteiger partial charge in [0.1, 0.15) is 22.8 Å². The number of aromatic nitrogens is 4. The Morgan fingerprint density at radius 2 is 1.89 bits per heavy atom. The van der Waals surface area contributed by atoms with E-state index < -0.39 is 0 Å². The fraction of sp³-hybridized carbons (Fsp3) is 0.346. The number of nitrogens with zero attached hydrogens (tertiary/aromatic N) is 4. The lowest BCUT2D eigenvalue weighted by molar-refractivity contribution is 0.391. The maximum atomic E-state index is 6.47. The zero-order valence-electron chi connectivity index (χ0n) is 20.1. The van der Waals surface area contributed by atoms with Crippen LogP contribution in [0.25, 0.3) is 11.2 Å². The Hall–Kier alpha value is -2.68. The van der Waals surface area contributed by atoms with Crippen molar-refractivity contribution in [1.29, 1.82) is 0 Å². The van der Waals surface area contributed by atoms with Crippen LogP contribution in [0.1, 0.15) is 35.7 Å². The number of imidazole rings is 1. The predicted molar refractivity (Wildman–Crippen MR) is 146 cm³/mol. The van der Waals surface area contributed by atoms with E-state index in [1.54, 1.807) is 20.5 Å². The van der Waals surface area contributed by atoms with Crippen molar-refractivity contribution in [3.8, 4) is 11.5 Å². The van der Waals surface area contributed by atoms with Crippen LogP contribution in [-0.4, -0.2) is 45.2 Å². The summed E-state index contributed by atoms with van der Waals surface area (Å²) in [5.74, 6) is 5.12. The van der Waals surface area contributed by atoms with Crippen LogP contribution in [0.3, 0.4) is 0 Å². The Labute approximate surface area is 223 Å². The van der Waals surface area contributed by atoms with Crippen molar-refractivity contribution in [2.24, 2.45) is 4.99 Å². The number of halogens is 2. The summed E-state index contributed by atoms with van der Waals surface area (Å²) in [7, 11) is 3.28. The van der Waals surface area contributed by atoms with Crippen LogP contribution < -0.4 is 15.0 Å². The molecule has 1 N–H and O–H groups in total. The molecule has 0 unspecified atom stereocenters. The molecule has 2 aromatic carbocycles. The fourth-order valence-electron chi connectivity index (χ4n) is 4.39. The molecule has 1 aliphatic rings. The molecule has 4 aromatic rings. The lowest BCUT2D eigenvalue weighted by atomic mass is 10.0. The molecule has 1 saturated heterocycles. The number of benzene rings is 2. The molecule has 0 radical (unpaired) electrons. The third-order valence-corrected chi connectivity index (χ3v) is 8.17. The highest BCUT2D eigenvalue weighted by molar-refractivity contribution is 7.99. The second-order valence-corrected chi connectivity index (χ2v) is 10.6. The van der Waals surface area contributed by atoms with Gasteiger partial charge in [0.05, 0.1) is 33.6 Å². The second-order valence-electron chi connectivity index (χ2n) is 8.60. The van der Waals surface area contributed by atoms with E-state index >= 15 is 0 Å². The van der Waals surface area contributed by atoms with Crippen LogP contribution in [0.2, 0.25) is 10.0 Å². The first-order valence-electron chi connectivity index (χ1n) is 11.7. The highest BCUT2D eigenvalue weighted by Gasteiger charge is 2.21. The Bertz CT molecular complexity index is 1430. The van der Waals surface area contributed by atoms with Crippen LogP contribution in [0, 0.1) is 0 Å². The number of aromatic amines is 1. The molecule has 0 amide bonds. The van der Waals surface area contributed by atoms with Crippen LogP contribution >= 0.6 is 35.0 Å². The number of thioether (sulfide) groups is 1. The summed E-state index contributed by atoms with van der Waals surface area (Å²) < 4.78 is 12.8. The normalized spacial score (nSPS) is 14.9. The molecule has 188 valence electrons. The van der Waals surface area contributed by atoms with E-state index in [0.29, 0.717) is 34.5 Å². The largest absolute Gasteiger partial charge is 0.497 e. The first-order chi connectivity index (χ1) is 17.6. The van der Waals surface area contributed by atoms with E-state index in [1.807, 2.05) is 52.7 Å².